The summed E-state index contributed by atoms with van der Waals surface area (Å²) in [5.41, 5.74) is 13.7. The number of fused-ring (bicyclic) bond motifs is 6. The lowest BCUT2D eigenvalue weighted by molar-refractivity contribution is 0.591. The Morgan fingerprint density at radius 3 is 1.39 bits per heavy atom. The fraction of sp³-hybridized carbons (Fsp3) is 0.133. The summed E-state index contributed by atoms with van der Waals surface area (Å²) in [7, 11) is 0. The van der Waals surface area contributed by atoms with Gasteiger partial charge in [-0.2, -0.15) is 5.26 Å². The third kappa shape index (κ3) is 6.92. The molecule has 0 saturated carbocycles. The summed E-state index contributed by atoms with van der Waals surface area (Å²) in [5, 5.41) is 15.8. The van der Waals surface area contributed by atoms with Crippen LogP contribution >= 0.6 is 0 Å². The van der Waals surface area contributed by atoms with Crippen LogP contribution in [0.2, 0.25) is 0 Å². The van der Waals surface area contributed by atoms with E-state index in [4.69, 9.17) is 15.0 Å². The zero-order valence-corrected chi connectivity index (χ0v) is 38.0. The highest BCUT2D eigenvalue weighted by molar-refractivity contribution is 6.11. The molecule has 11 aromatic rings. The first kappa shape index (κ1) is 40.6. The Morgan fingerprint density at radius 2 is 0.864 bits per heavy atom. The second kappa shape index (κ2) is 15.5. The summed E-state index contributed by atoms with van der Waals surface area (Å²) in [6.45, 7) is 13.6. The number of para-hydroxylation sites is 2. The molecule has 8 aromatic carbocycles. The van der Waals surface area contributed by atoms with Crippen molar-refractivity contribution in [2.45, 2.75) is 52.4 Å². The number of hydrogen-bond acceptors (Lipinski definition) is 4. The first-order valence-corrected chi connectivity index (χ1v) is 22.6. The maximum atomic E-state index is 11.0. The zero-order valence-electron chi connectivity index (χ0n) is 38.0. The van der Waals surface area contributed by atoms with Gasteiger partial charge < -0.3 is 9.13 Å². The SMILES string of the molecule is CC(C)(C)c1ccc2c(c1)c1ccccc1n2-c1ccc(C#N)c(-c2cc(-c3nc(-c4ccccc4)nc(-c4ccccc4)n3)ccc2-n2c3ccccc3c3cc(C(C)(C)C)ccc32)c1. The predicted molar refractivity (Wildman–Crippen MR) is 272 cm³/mol. The number of nitriles is 1. The average molecular weight is 853 g/mol. The standard InChI is InChI=1S/C60H48N6/c1-59(2,3)42-27-31-53-49(34-42)45-21-13-15-23-51(45)65(53)44-29-25-41(37-61)47(36-44)48-33-40(58-63-56(38-17-9-7-10-18-38)62-57(64-58)39-19-11-8-12-20-39)26-30-54(48)66-52-24-16-14-22-46(52)50-35-43(60(4,5)6)28-32-55(50)66/h7-36H,1-6H3. The van der Waals surface area contributed by atoms with Crippen LogP contribution in [0.3, 0.4) is 0 Å². The van der Waals surface area contributed by atoms with Crippen LogP contribution < -0.4 is 0 Å². The Bertz CT molecular complexity index is 3670. The minimum atomic E-state index is -0.0325. The van der Waals surface area contributed by atoms with Gasteiger partial charge in [0, 0.05) is 55.0 Å². The third-order valence-electron chi connectivity index (χ3n) is 12.9. The minimum Gasteiger partial charge on any atom is -0.309 e. The van der Waals surface area contributed by atoms with Gasteiger partial charge in [0.1, 0.15) is 0 Å². The van der Waals surface area contributed by atoms with Gasteiger partial charge in [-0.3, -0.25) is 0 Å². The lowest BCUT2D eigenvalue weighted by Crippen LogP contribution is -2.10. The molecule has 0 aliphatic heterocycles. The van der Waals surface area contributed by atoms with Crippen LogP contribution in [0, 0.1) is 11.3 Å². The van der Waals surface area contributed by atoms with E-state index in [1.54, 1.807) is 0 Å². The van der Waals surface area contributed by atoms with Gasteiger partial charge in [-0.25, -0.2) is 15.0 Å². The molecule has 318 valence electrons. The maximum absolute atomic E-state index is 11.0. The van der Waals surface area contributed by atoms with Crippen LogP contribution in [0.15, 0.2) is 182 Å². The predicted octanol–water partition coefficient (Wildman–Crippen LogP) is 15.2. The van der Waals surface area contributed by atoms with Crippen LogP contribution in [0.4, 0.5) is 0 Å². The van der Waals surface area contributed by atoms with E-state index in [0.717, 1.165) is 61.3 Å². The van der Waals surface area contributed by atoms with E-state index in [1.165, 1.54) is 32.7 Å². The molecule has 0 aliphatic carbocycles. The van der Waals surface area contributed by atoms with E-state index in [1.807, 2.05) is 66.7 Å². The van der Waals surface area contributed by atoms with Crippen LogP contribution in [0.5, 0.6) is 0 Å². The fourth-order valence-corrected chi connectivity index (χ4v) is 9.43. The van der Waals surface area contributed by atoms with Gasteiger partial charge in [-0.15, -0.1) is 0 Å². The molecule has 0 radical (unpaired) electrons. The summed E-state index contributed by atoms with van der Waals surface area (Å²) in [5.74, 6) is 1.71. The van der Waals surface area contributed by atoms with E-state index in [9.17, 15) is 5.26 Å². The maximum Gasteiger partial charge on any atom is 0.164 e. The van der Waals surface area contributed by atoms with Crippen LogP contribution in [0.1, 0.15) is 58.2 Å². The number of benzene rings is 8. The summed E-state index contributed by atoms with van der Waals surface area (Å²) >= 11 is 0. The second-order valence-corrected chi connectivity index (χ2v) is 19.3. The Hall–Kier alpha value is -8.14. The molecule has 0 aliphatic rings. The highest BCUT2D eigenvalue weighted by atomic mass is 15.0. The van der Waals surface area contributed by atoms with Gasteiger partial charge in [0.05, 0.1) is 39.4 Å². The topological polar surface area (TPSA) is 72.3 Å². The smallest absolute Gasteiger partial charge is 0.164 e. The minimum absolute atomic E-state index is 0.0101. The van der Waals surface area contributed by atoms with Crippen LogP contribution in [0.25, 0.3) is 100 Å². The molecular weight excluding hydrogens is 805 g/mol. The van der Waals surface area contributed by atoms with E-state index in [2.05, 4.69) is 172 Å². The molecule has 6 heteroatoms. The van der Waals surface area contributed by atoms with E-state index >= 15 is 0 Å². The lowest BCUT2D eigenvalue weighted by Gasteiger charge is -2.20. The van der Waals surface area contributed by atoms with Gasteiger partial charge in [-0.05, 0) is 94.8 Å². The molecule has 0 amide bonds. The summed E-state index contributed by atoms with van der Waals surface area (Å²) in [6.07, 6.45) is 0. The largest absolute Gasteiger partial charge is 0.309 e. The van der Waals surface area contributed by atoms with Gasteiger partial charge in [0.2, 0.25) is 0 Å². The van der Waals surface area contributed by atoms with Gasteiger partial charge in [-0.1, -0.05) is 151 Å². The van der Waals surface area contributed by atoms with E-state index in [-0.39, 0.29) is 10.8 Å². The first-order valence-electron chi connectivity index (χ1n) is 22.6. The van der Waals surface area contributed by atoms with E-state index in [0.29, 0.717) is 23.0 Å². The molecule has 66 heavy (non-hydrogen) atoms. The van der Waals surface area contributed by atoms with E-state index < -0.39 is 0 Å². The van der Waals surface area contributed by atoms with Crippen molar-refractivity contribution >= 4 is 43.6 Å². The third-order valence-corrected chi connectivity index (χ3v) is 12.9. The first-order chi connectivity index (χ1) is 31.9. The molecule has 0 fully saturated rings. The van der Waals surface area contributed by atoms with Crippen molar-refractivity contribution in [1.82, 2.24) is 24.1 Å². The second-order valence-electron chi connectivity index (χ2n) is 19.3. The van der Waals surface area contributed by atoms with Crippen molar-refractivity contribution in [3.05, 3.63) is 199 Å². The molecule has 3 heterocycles. The van der Waals surface area contributed by atoms with Crippen LogP contribution in [-0.4, -0.2) is 24.1 Å². The Kier molecular flexibility index (Phi) is 9.56. The molecule has 0 atom stereocenters. The Morgan fingerprint density at radius 1 is 0.394 bits per heavy atom. The molecular formula is C60H48N6. The van der Waals surface area contributed by atoms with Gasteiger partial charge >= 0.3 is 0 Å². The molecule has 0 saturated heterocycles. The number of aromatic nitrogens is 5. The molecule has 3 aromatic heterocycles. The monoisotopic (exact) mass is 852 g/mol. The zero-order chi connectivity index (χ0) is 45.3. The average Bonchev–Trinajstić information content (AvgIpc) is 3.86. The van der Waals surface area contributed by atoms with Gasteiger partial charge in [0.15, 0.2) is 17.5 Å². The number of hydrogen-bond donors (Lipinski definition) is 0. The van der Waals surface area contributed by atoms with Gasteiger partial charge in [0.25, 0.3) is 0 Å². The number of rotatable bonds is 6. The summed E-state index contributed by atoms with van der Waals surface area (Å²) < 4.78 is 4.70. The fourth-order valence-electron chi connectivity index (χ4n) is 9.43. The van der Waals surface area contributed by atoms with Crippen molar-refractivity contribution in [3.8, 4) is 62.7 Å². The van der Waals surface area contributed by atoms with Crippen molar-refractivity contribution in [2.24, 2.45) is 0 Å². The Labute approximate surface area is 385 Å². The normalized spacial score (nSPS) is 12.1. The summed E-state index contributed by atoms with van der Waals surface area (Å²) in [4.78, 5) is 15.3. The molecule has 0 unspecified atom stereocenters. The number of nitrogens with zero attached hydrogens (tertiary/aromatic N) is 6. The van der Waals surface area contributed by atoms with Crippen molar-refractivity contribution in [1.29, 1.82) is 5.26 Å². The Balaban J connectivity index is 1.21. The molecule has 0 spiro atoms. The quantitative estimate of drug-likeness (QED) is 0.167. The van der Waals surface area contributed by atoms with Crippen molar-refractivity contribution < 1.29 is 0 Å². The summed E-state index contributed by atoms with van der Waals surface area (Å²) in [6, 6.07) is 66.3. The van der Waals surface area contributed by atoms with Crippen LogP contribution in [-0.2, 0) is 10.8 Å². The highest BCUT2D eigenvalue weighted by Gasteiger charge is 2.24. The highest BCUT2D eigenvalue weighted by Crippen LogP contribution is 2.42. The molecule has 0 N–H and O–H groups in total. The molecule has 6 nitrogen and oxygen atoms in total. The van der Waals surface area contributed by atoms with Crippen molar-refractivity contribution in [3.63, 3.8) is 0 Å². The lowest BCUT2D eigenvalue weighted by atomic mass is 9.86. The van der Waals surface area contributed by atoms with Crippen molar-refractivity contribution in [2.75, 3.05) is 0 Å². The molecule has 0 bridgehead atoms. The molecule has 11 rings (SSSR count).